The summed E-state index contributed by atoms with van der Waals surface area (Å²) < 4.78 is 5.98. The van der Waals surface area contributed by atoms with E-state index in [1.807, 2.05) is 6.92 Å². The molecule has 0 spiro atoms. The number of aryl methyl sites for hydroxylation is 3. The summed E-state index contributed by atoms with van der Waals surface area (Å²) in [7, 11) is 0. The highest BCUT2D eigenvalue weighted by Crippen LogP contribution is 2.38. The molecule has 2 heterocycles. The zero-order chi connectivity index (χ0) is 17.6. The molecule has 3 aromatic rings. The minimum atomic E-state index is 0.150. The van der Waals surface area contributed by atoms with Crippen LogP contribution >= 0.6 is 0 Å². The average Bonchev–Trinajstić information content (AvgIpc) is 2.96. The highest BCUT2D eigenvalue weighted by Gasteiger charge is 2.27. The Bertz CT molecular complexity index is 939. The van der Waals surface area contributed by atoms with E-state index in [0.29, 0.717) is 6.61 Å². The standard InChI is InChI=1S/C22H26N2O/c1-5-25-20-12-15(4)14(3)11-18(20)21-22-16(8-9-23-21)17-10-13(2)6-7-19(17)24-22/h6-7,10-12,21,23-24H,5,8-9H2,1-4H3. The molecular formula is C22H26N2O. The third-order valence-corrected chi connectivity index (χ3v) is 5.34. The molecule has 4 rings (SSSR count). The van der Waals surface area contributed by atoms with Crippen molar-refractivity contribution in [2.24, 2.45) is 0 Å². The molecule has 3 heteroatoms. The number of benzene rings is 2. The minimum absolute atomic E-state index is 0.150. The topological polar surface area (TPSA) is 37.0 Å². The summed E-state index contributed by atoms with van der Waals surface area (Å²) in [5.74, 6) is 0.991. The quantitative estimate of drug-likeness (QED) is 0.727. The maximum Gasteiger partial charge on any atom is 0.124 e. The smallest absolute Gasteiger partial charge is 0.124 e. The maximum absolute atomic E-state index is 5.98. The summed E-state index contributed by atoms with van der Waals surface area (Å²) in [6.07, 6.45) is 1.06. The van der Waals surface area contributed by atoms with Crippen LogP contribution in [0.25, 0.3) is 10.9 Å². The fourth-order valence-corrected chi connectivity index (χ4v) is 3.93. The van der Waals surface area contributed by atoms with E-state index in [4.69, 9.17) is 4.74 Å². The molecule has 0 bridgehead atoms. The molecule has 0 saturated heterocycles. The van der Waals surface area contributed by atoms with Crippen LogP contribution in [0.2, 0.25) is 0 Å². The van der Waals surface area contributed by atoms with Crippen molar-refractivity contribution in [3.05, 3.63) is 63.8 Å². The van der Waals surface area contributed by atoms with Crippen molar-refractivity contribution in [3.63, 3.8) is 0 Å². The van der Waals surface area contributed by atoms with Crippen molar-refractivity contribution < 1.29 is 4.74 Å². The second-order valence-electron chi connectivity index (χ2n) is 7.11. The van der Waals surface area contributed by atoms with Gasteiger partial charge < -0.3 is 15.0 Å². The van der Waals surface area contributed by atoms with E-state index in [0.717, 1.165) is 18.7 Å². The number of rotatable bonds is 3. The fourth-order valence-electron chi connectivity index (χ4n) is 3.93. The minimum Gasteiger partial charge on any atom is -0.494 e. The lowest BCUT2D eigenvalue weighted by molar-refractivity contribution is 0.332. The summed E-state index contributed by atoms with van der Waals surface area (Å²) in [6.45, 7) is 10.2. The van der Waals surface area contributed by atoms with Crippen LogP contribution in [0.1, 0.15) is 46.5 Å². The second-order valence-corrected chi connectivity index (χ2v) is 7.11. The van der Waals surface area contributed by atoms with Crippen LogP contribution in [0.5, 0.6) is 5.75 Å². The molecule has 0 amide bonds. The lowest BCUT2D eigenvalue weighted by Gasteiger charge is -2.27. The summed E-state index contributed by atoms with van der Waals surface area (Å²) in [5.41, 5.74) is 9.08. The third-order valence-electron chi connectivity index (χ3n) is 5.34. The highest BCUT2D eigenvalue weighted by molar-refractivity contribution is 5.86. The molecule has 25 heavy (non-hydrogen) atoms. The molecule has 130 valence electrons. The molecule has 0 saturated carbocycles. The van der Waals surface area contributed by atoms with E-state index in [9.17, 15) is 0 Å². The van der Waals surface area contributed by atoms with Gasteiger partial charge in [0.1, 0.15) is 5.75 Å². The number of aromatic amines is 1. The molecule has 1 aromatic heterocycles. The van der Waals surface area contributed by atoms with Crippen LogP contribution in [-0.2, 0) is 6.42 Å². The van der Waals surface area contributed by atoms with Crippen molar-refractivity contribution in [1.29, 1.82) is 0 Å². The Morgan fingerprint density at radius 1 is 1.08 bits per heavy atom. The van der Waals surface area contributed by atoms with Crippen LogP contribution < -0.4 is 10.1 Å². The zero-order valence-corrected chi connectivity index (χ0v) is 15.5. The molecule has 1 aliphatic heterocycles. The molecule has 2 N–H and O–H groups in total. The van der Waals surface area contributed by atoms with Crippen molar-refractivity contribution >= 4 is 10.9 Å². The molecular weight excluding hydrogens is 308 g/mol. The largest absolute Gasteiger partial charge is 0.494 e. The first kappa shape index (κ1) is 16.2. The highest BCUT2D eigenvalue weighted by atomic mass is 16.5. The van der Waals surface area contributed by atoms with Gasteiger partial charge in [-0.25, -0.2) is 0 Å². The van der Waals surface area contributed by atoms with E-state index >= 15 is 0 Å². The molecule has 0 aliphatic carbocycles. The number of fused-ring (bicyclic) bond motifs is 3. The van der Waals surface area contributed by atoms with Gasteiger partial charge in [0.25, 0.3) is 0 Å². The SMILES string of the molecule is CCOc1cc(C)c(C)cc1C1NCCc2c1[nH]c1ccc(C)cc21. The van der Waals surface area contributed by atoms with Gasteiger partial charge in [0.05, 0.1) is 12.6 Å². The molecule has 1 unspecified atom stereocenters. The Labute approximate surface area is 149 Å². The molecule has 3 nitrogen and oxygen atoms in total. The first-order valence-corrected chi connectivity index (χ1v) is 9.17. The lowest BCUT2D eigenvalue weighted by Crippen LogP contribution is -2.31. The summed E-state index contributed by atoms with van der Waals surface area (Å²) >= 11 is 0. The van der Waals surface area contributed by atoms with E-state index in [-0.39, 0.29) is 6.04 Å². The first-order chi connectivity index (χ1) is 12.1. The molecule has 2 aromatic carbocycles. The van der Waals surface area contributed by atoms with E-state index in [2.05, 4.69) is 61.4 Å². The van der Waals surface area contributed by atoms with Gasteiger partial charge in [-0.15, -0.1) is 0 Å². The van der Waals surface area contributed by atoms with Gasteiger partial charge in [0.2, 0.25) is 0 Å². The molecule has 1 atom stereocenters. The predicted molar refractivity (Wildman–Crippen MR) is 104 cm³/mol. The van der Waals surface area contributed by atoms with Crippen molar-refractivity contribution in [2.75, 3.05) is 13.2 Å². The summed E-state index contributed by atoms with van der Waals surface area (Å²) in [4.78, 5) is 3.68. The van der Waals surface area contributed by atoms with Crippen LogP contribution in [0.4, 0.5) is 0 Å². The van der Waals surface area contributed by atoms with Gasteiger partial charge in [0, 0.05) is 28.7 Å². The number of hydrogen-bond donors (Lipinski definition) is 2. The number of H-pyrrole nitrogens is 1. The Morgan fingerprint density at radius 3 is 2.68 bits per heavy atom. The zero-order valence-electron chi connectivity index (χ0n) is 15.5. The van der Waals surface area contributed by atoms with Crippen molar-refractivity contribution in [1.82, 2.24) is 10.3 Å². The Hall–Kier alpha value is -2.26. The molecule has 1 aliphatic rings. The van der Waals surface area contributed by atoms with Crippen LogP contribution in [-0.4, -0.2) is 18.1 Å². The number of hydrogen-bond acceptors (Lipinski definition) is 2. The average molecular weight is 334 g/mol. The van der Waals surface area contributed by atoms with E-state index in [1.54, 1.807) is 0 Å². The van der Waals surface area contributed by atoms with Crippen LogP contribution in [0, 0.1) is 20.8 Å². The molecule has 0 radical (unpaired) electrons. The Balaban J connectivity index is 1.89. The number of aromatic nitrogens is 1. The maximum atomic E-state index is 5.98. The van der Waals surface area contributed by atoms with Crippen LogP contribution in [0.15, 0.2) is 30.3 Å². The Morgan fingerprint density at radius 2 is 1.88 bits per heavy atom. The van der Waals surface area contributed by atoms with Gasteiger partial charge >= 0.3 is 0 Å². The summed E-state index contributed by atoms with van der Waals surface area (Å²) in [6, 6.07) is 11.3. The van der Waals surface area contributed by atoms with Gasteiger partial charge in [0.15, 0.2) is 0 Å². The number of nitrogens with one attached hydrogen (secondary N) is 2. The Kier molecular flexibility index (Phi) is 4.04. The van der Waals surface area contributed by atoms with Crippen LogP contribution in [0.3, 0.4) is 0 Å². The fraction of sp³-hybridized carbons (Fsp3) is 0.364. The van der Waals surface area contributed by atoms with Gasteiger partial charge in [-0.3, -0.25) is 0 Å². The van der Waals surface area contributed by atoms with Crippen molar-refractivity contribution in [3.8, 4) is 5.75 Å². The first-order valence-electron chi connectivity index (χ1n) is 9.17. The van der Waals surface area contributed by atoms with Gasteiger partial charge in [-0.1, -0.05) is 17.7 Å². The second kappa shape index (κ2) is 6.23. The molecule has 0 fully saturated rings. The van der Waals surface area contributed by atoms with Gasteiger partial charge in [-0.2, -0.15) is 0 Å². The lowest BCUT2D eigenvalue weighted by atomic mass is 9.91. The van der Waals surface area contributed by atoms with Crippen molar-refractivity contribution in [2.45, 2.75) is 40.2 Å². The monoisotopic (exact) mass is 334 g/mol. The normalized spacial score (nSPS) is 16.9. The van der Waals surface area contributed by atoms with Gasteiger partial charge in [-0.05, 0) is 69.0 Å². The van der Waals surface area contributed by atoms with E-state index in [1.165, 1.54) is 44.4 Å². The predicted octanol–water partition coefficient (Wildman–Crippen LogP) is 4.73. The van der Waals surface area contributed by atoms with E-state index < -0.39 is 0 Å². The third kappa shape index (κ3) is 2.73. The number of ether oxygens (including phenoxy) is 1. The summed E-state index contributed by atoms with van der Waals surface area (Å²) in [5, 5.41) is 5.07.